The summed E-state index contributed by atoms with van der Waals surface area (Å²) in [4.78, 5) is 29.0. The van der Waals surface area contributed by atoms with E-state index in [9.17, 15) is 9.59 Å². The van der Waals surface area contributed by atoms with Gasteiger partial charge in [-0.25, -0.2) is 0 Å². The molecule has 0 saturated carbocycles. The summed E-state index contributed by atoms with van der Waals surface area (Å²) in [5, 5.41) is 0. The molecule has 0 atom stereocenters. The normalized spacial score (nSPS) is 18.3. The molecule has 0 aliphatic carbocycles. The van der Waals surface area contributed by atoms with E-state index in [4.69, 9.17) is 14.2 Å². The monoisotopic (exact) mass is 376 g/mol. The van der Waals surface area contributed by atoms with Gasteiger partial charge in [0, 0.05) is 32.1 Å². The second-order valence-corrected chi connectivity index (χ2v) is 6.96. The van der Waals surface area contributed by atoms with Gasteiger partial charge in [0.2, 0.25) is 11.8 Å². The molecule has 7 nitrogen and oxygen atoms in total. The number of nitrogens with zero attached hydrogens (tertiary/aromatic N) is 2. The summed E-state index contributed by atoms with van der Waals surface area (Å²) in [7, 11) is 3.17. The van der Waals surface area contributed by atoms with Crippen molar-refractivity contribution in [1.29, 1.82) is 0 Å². The van der Waals surface area contributed by atoms with Gasteiger partial charge in [0.05, 0.1) is 33.9 Å². The largest absolute Gasteiger partial charge is 0.493 e. The third-order valence-electron chi connectivity index (χ3n) is 5.32. The molecular weight excluding hydrogens is 348 g/mol. The molecule has 1 aromatic carbocycles. The molecule has 2 aliphatic rings. The molecule has 2 saturated heterocycles. The van der Waals surface area contributed by atoms with Crippen LogP contribution < -0.4 is 9.47 Å². The van der Waals surface area contributed by atoms with Crippen LogP contribution in [0.3, 0.4) is 0 Å². The summed E-state index contributed by atoms with van der Waals surface area (Å²) in [5.41, 5.74) is 0.893. The van der Waals surface area contributed by atoms with Gasteiger partial charge in [-0.1, -0.05) is 6.07 Å². The lowest BCUT2D eigenvalue weighted by molar-refractivity contribution is -0.143. The number of likely N-dealkylation sites (tertiary alicyclic amines) is 1. The smallest absolute Gasteiger partial charge is 0.226 e. The molecule has 0 bridgehead atoms. The molecule has 148 valence electrons. The van der Waals surface area contributed by atoms with Gasteiger partial charge < -0.3 is 24.0 Å². The number of hydrogen-bond donors (Lipinski definition) is 0. The van der Waals surface area contributed by atoms with E-state index >= 15 is 0 Å². The van der Waals surface area contributed by atoms with Crippen LogP contribution in [0.25, 0.3) is 0 Å². The van der Waals surface area contributed by atoms with Crippen LogP contribution >= 0.6 is 0 Å². The summed E-state index contributed by atoms with van der Waals surface area (Å²) < 4.78 is 15.8. The fraction of sp³-hybridized carbons (Fsp3) is 0.600. The number of ether oxygens (including phenoxy) is 3. The van der Waals surface area contributed by atoms with Crippen LogP contribution in [0.2, 0.25) is 0 Å². The van der Waals surface area contributed by atoms with Crippen molar-refractivity contribution < 1.29 is 23.8 Å². The van der Waals surface area contributed by atoms with E-state index in [1.165, 1.54) is 0 Å². The number of benzene rings is 1. The summed E-state index contributed by atoms with van der Waals surface area (Å²) in [5.74, 6) is 1.59. The van der Waals surface area contributed by atoms with Crippen LogP contribution in [0.5, 0.6) is 11.5 Å². The second kappa shape index (κ2) is 9.08. The molecule has 27 heavy (non-hydrogen) atoms. The highest BCUT2D eigenvalue weighted by Gasteiger charge is 2.30. The number of rotatable bonds is 5. The minimum atomic E-state index is 0.0215. The average Bonchev–Trinajstić information content (AvgIpc) is 2.73. The van der Waals surface area contributed by atoms with E-state index in [0.717, 1.165) is 18.4 Å². The number of morpholine rings is 1. The van der Waals surface area contributed by atoms with Gasteiger partial charge in [-0.2, -0.15) is 0 Å². The van der Waals surface area contributed by atoms with E-state index in [1.807, 2.05) is 28.0 Å². The van der Waals surface area contributed by atoms with Crippen LogP contribution in [-0.4, -0.2) is 75.2 Å². The summed E-state index contributed by atoms with van der Waals surface area (Å²) >= 11 is 0. The Hall–Kier alpha value is -2.28. The number of amides is 2. The fourth-order valence-electron chi connectivity index (χ4n) is 3.69. The van der Waals surface area contributed by atoms with Crippen LogP contribution in [0.4, 0.5) is 0 Å². The molecular formula is C20H28N2O5. The Bertz CT molecular complexity index is 664. The van der Waals surface area contributed by atoms with Gasteiger partial charge in [0.15, 0.2) is 11.5 Å². The average molecular weight is 376 g/mol. The maximum atomic E-state index is 12.6. The van der Waals surface area contributed by atoms with Crippen molar-refractivity contribution in [2.24, 2.45) is 5.92 Å². The quantitative estimate of drug-likeness (QED) is 0.776. The van der Waals surface area contributed by atoms with Crippen molar-refractivity contribution in [2.75, 3.05) is 53.6 Å². The molecule has 0 spiro atoms. The maximum absolute atomic E-state index is 12.6. The van der Waals surface area contributed by atoms with E-state index < -0.39 is 0 Å². The summed E-state index contributed by atoms with van der Waals surface area (Å²) in [6.45, 7) is 3.86. The van der Waals surface area contributed by atoms with Gasteiger partial charge >= 0.3 is 0 Å². The molecule has 0 N–H and O–H groups in total. The van der Waals surface area contributed by atoms with Crippen molar-refractivity contribution >= 4 is 11.8 Å². The zero-order valence-corrected chi connectivity index (χ0v) is 16.1. The van der Waals surface area contributed by atoms with E-state index in [-0.39, 0.29) is 17.7 Å². The summed E-state index contributed by atoms with van der Waals surface area (Å²) in [6, 6.07) is 5.54. The zero-order chi connectivity index (χ0) is 19.2. The minimum absolute atomic E-state index is 0.0215. The predicted octanol–water partition coefficient (Wildman–Crippen LogP) is 1.34. The molecule has 2 fully saturated rings. The third kappa shape index (κ3) is 4.71. The first-order chi connectivity index (χ1) is 13.1. The molecule has 3 rings (SSSR count). The molecule has 0 unspecified atom stereocenters. The Balaban J connectivity index is 1.52. The van der Waals surface area contributed by atoms with Crippen LogP contribution in [0.1, 0.15) is 18.4 Å². The number of carbonyl (C=O) groups is 2. The first-order valence-corrected chi connectivity index (χ1v) is 9.47. The highest BCUT2D eigenvalue weighted by atomic mass is 16.5. The fourth-order valence-corrected chi connectivity index (χ4v) is 3.69. The van der Waals surface area contributed by atoms with Crippen LogP contribution in [0, 0.1) is 5.92 Å². The van der Waals surface area contributed by atoms with Gasteiger partial charge in [-0.05, 0) is 30.5 Å². The number of piperidine rings is 1. The molecule has 1 aromatic rings. The van der Waals surface area contributed by atoms with Crippen LogP contribution in [-0.2, 0) is 20.7 Å². The number of carbonyl (C=O) groups excluding carboxylic acids is 2. The Morgan fingerprint density at radius 2 is 1.67 bits per heavy atom. The SMILES string of the molecule is COc1ccc(CC(=O)N2CCC(C(=O)N3CCOCC3)CC2)cc1OC. The van der Waals surface area contributed by atoms with Crippen molar-refractivity contribution in [1.82, 2.24) is 9.80 Å². The number of methoxy groups -OCH3 is 2. The first-order valence-electron chi connectivity index (χ1n) is 9.47. The van der Waals surface area contributed by atoms with Crippen molar-refractivity contribution in [3.63, 3.8) is 0 Å². The molecule has 2 aliphatic heterocycles. The Morgan fingerprint density at radius 3 is 2.30 bits per heavy atom. The maximum Gasteiger partial charge on any atom is 0.226 e. The van der Waals surface area contributed by atoms with Gasteiger partial charge in [-0.15, -0.1) is 0 Å². The molecule has 2 heterocycles. The molecule has 0 radical (unpaired) electrons. The van der Waals surface area contributed by atoms with Crippen molar-refractivity contribution in [2.45, 2.75) is 19.3 Å². The van der Waals surface area contributed by atoms with E-state index in [1.54, 1.807) is 14.2 Å². The molecule has 7 heteroatoms. The van der Waals surface area contributed by atoms with Gasteiger partial charge in [0.25, 0.3) is 0 Å². The number of hydrogen-bond acceptors (Lipinski definition) is 5. The minimum Gasteiger partial charge on any atom is -0.493 e. The van der Waals surface area contributed by atoms with E-state index in [0.29, 0.717) is 57.3 Å². The Labute approximate surface area is 160 Å². The van der Waals surface area contributed by atoms with E-state index in [2.05, 4.69) is 0 Å². The third-order valence-corrected chi connectivity index (χ3v) is 5.32. The lowest BCUT2D eigenvalue weighted by atomic mass is 9.94. The topological polar surface area (TPSA) is 68.3 Å². The van der Waals surface area contributed by atoms with Gasteiger partial charge in [0.1, 0.15) is 0 Å². The second-order valence-electron chi connectivity index (χ2n) is 6.96. The first kappa shape index (κ1) is 19.5. The molecule has 0 aromatic heterocycles. The zero-order valence-electron chi connectivity index (χ0n) is 16.1. The van der Waals surface area contributed by atoms with Crippen molar-refractivity contribution in [3.05, 3.63) is 23.8 Å². The highest BCUT2D eigenvalue weighted by Crippen LogP contribution is 2.28. The lowest BCUT2D eigenvalue weighted by Gasteiger charge is -2.35. The summed E-state index contributed by atoms with van der Waals surface area (Å²) in [6.07, 6.45) is 1.78. The Morgan fingerprint density at radius 1 is 1.00 bits per heavy atom. The van der Waals surface area contributed by atoms with Crippen molar-refractivity contribution in [3.8, 4) is 11.5 Å². The molecule has 2 amide bonds. The highest BCUT2D eigenvalue weighted by molar-refractivity contribution is 5.81. The van der Waals surface area contributed by atoms with Gasteiger partial charge in [-0.3, -0.25) is 9.59 Å². The Kier molecular flexibility index (Phi) is 6.55. The van der Waals surface area contributed by atoms with Crippen LogP contribution in [0.15, 0.2) is 18.2 Å². The lowest BCUT2D eigenvalue weighted by Crippen LogP contribution is -2.47. The predicted molar refractivity (Wildman–Crippen MR) is 100.0 cm³/mol. The standard InChI is InChI=1S/C20H28N2O5/c1-25-17-4-3-15(13-18(17)26-2)14-19(23)21-7-5-16(6-8-21)20(24)22-9-11-27-12-10-22/h3-4,13,16H,5-12,14H2,1-2H3.